The first-order valence-electron chi connectivity index (χ1n) is 10.0. The Bertz CT molecular complexity index is 1460. The van der Waals surface area contributed by atoms with Gasteiger partial charge in [-0.1, -0.05) is 23.7 Å². The van der Waals surface area contributed by atoms with Crippen LogP contribution in [0.1, 0.15) is 20.7 Å². The van der Waals surface area contributed by atoms with Gasteiger partial charge in [0.1, 0.15) is 18.0 Å². The molecule has 1 aromatic heterocycles. The number of carbonyl (C=O) groups excluding carboxylic acids is 2. The van der Waals surface area contributed by atoms with E-state index in [0.717, 1.165) is 11.0 Å². The Morgan fingerprint density at radius 1 is 0.941 bits per heavy atom. The molecule has 0 radical (unpaired) electrons. The maximum Gasteiger partial charge on any atom is 0.266 e. The van der Waals surface area contributed by atoms with E-state index in [2.05, 4.69) is 15.3 Å². The minimum absolute atomic E-state index is 0.0364. The fraction of sp³-hybridized carbons (Fsp3) is 0.0833. The summed E-state index contributed by atoms with van der Waals surface area (Å²) in [7, 11) is 3.00. The van der Waals surface area contributed by atoms with Gasteiger partial charge in [0.15, 0.2) is 11.5 Å². The number of methoxy groups -OCH3 is 2. The fourth-order valence-electron chi connectivity index (χ4n) is 3.82. The highest BCUT2D eigenvalue weighted by atomic mass is 35.5. The quantitative estimate of drug-likeness (QED) is 0.404. The van der Waals surface area contributed by atoms with Crippen molar-refractivity contribution in [2.45, 2.75) is 0 Å². The summed E-state index contributed by atoms with van der Waals surface area (Å²) in [5.41, 5.74) is 1.06. The molecule has 0 atom stereocenters. The van der Waals surface area contributed by atoms with E-state index in [9.17, 15) is 14.0 Å². The largest absolute Gasteiger partial charge is 0.493 e. The molecule has 0 unspecified atom stereocenters. The number of benzene rings is 3. The zero-order chi connectivity index (χ0) is 24.0. The average Bonchev–Trinajstić information content (AvgIpc) is 3.10. The Labute approximate surface area is 197 Å². The monoisotopic (exact) mass is 478 g/mol. The van der Waals surface area contributed by atoms with Crippen molar-refractivity contribution in [3.05, 3.63) is 76.8 Å². The minimum Gasteiger partial charge on any atom is -0.493 e. The molecule has 2 heterocycles. The van der Waals surface area contributed by atoms with E-state index in [0.29, 0.717) is 22.4 Å². The van der Waals surface area contributed by atoms with Crippen LogP contribution >= 0.6 is 11.6 Å². The number of imide groups is 1. The van der Waals surface area contributed by atoms with Crippen molar-refractivity contribution in [1.29, 1.82) is 0 Å². The molecule has 5 rings (SSSR count). The number of hydrogen-bond donors (Lipinski definition) is 1. The standard InChI is InChI=1S/C24H16ClFN4O4/c1-33-20-7-14-17(10-21(20)34-2)27-11-28-22(14)29-18-9-19(15(25)8-16(18)26)30-23(31)12-5-3-4-6-13(12)24(30)32/h3-11H,1-2H3,(H,27,28,29). The lowest BCUT2D eigenvalue weighted by Crippen LogP contribution is -2.29. The number of halogens is 2. The molecule has 3 aromatic carbocycles. The normalized spacial score (nSPS) is 12.8. The molecular formula is C24H16ClFN4O4. The summed E-state index contributed by atoms with van der Waals surface area (Å²) < 4.78 is 25.6. The SMILES string of the molecule is COc1cc2ncnc(Nc3cc(N4C(=O)c5ccccc5C4=O)c(Cl)cc3F)c2cc1OC. The third kappa shape index (κ3) is 3.37. The third-order valence-corrected chi connectivity index (χ3v) is 5.77. The summed E-state index contributed by atoms with van der Waals surface area (Å²) in [4.78, 5) is 35.2. The molecule has 34 heavy (non-hydrogen) atoms. The maximum absolute atomic E-state index is 14.9. The Morgan fingerprint density at radius 2 is 1.59 bits per heavy atom. The van der Waals surface area contributed by atoms with Gasteiger partial charge >= 0.3 is 0 Å². The van der Waals surface area contributed by atoms with Crippen molar-refractivity contribution in [2.24, 2.45) is 0 Å². The first-order valence-corrected chi connectivity index (χ1v) is 10.4. The molecule has 8 nitrogen and oxygen atoms in total. The van der Waals surface area contributed by atoms with Gasteiger partial charge in [-0.05, 0) is 30.3 Å². The van der Waals surface area contributed by atoms with Crippen LogP contribution in [0.4, 0.5) is 21.6 Å². The molecule has 1 aliphatic rings. The first kappa shape index (κ1) is 21.6. The molecule has 4 aromatic rings. The lowest BCUT2D eigenvalue weighted by Gasteiger charge is -2.18. The number of rotatable bonds is 5. The molecule has 0 spiro atoms. The molecule has 0 aliphatic carbocycles. The van der Waals surface area contributed by atoms with E-state index < -0.39 is 17.6 Å². The number of carbonyl (C=O) groups is 2. The lowest BCUT2D eigenvalue weighted by molar-refractivity contribution is 0.0926. The van der Waals surface area contributed by atoms with Crippen LogP contribution < -0.4 is 19.7 Å². The van der Waals surface area contributed by atoms with Crippen molar-refractivity contribution in [1.82, 2.24) is 9.97 Å². The van der Waals surface area contributed by atoms with Crippen LogP contribution in [0.15, 0.2) is 54.9 Å². The molecule has 0 fully saturated rings. The lowest BCUT2D eigenvalue weighted by atomic mass is 10.1. The number of ether oxygens (including phenoxy) is 2. The molecule has 2 amide bonds. The number of fused-ring (bicyclic) bond motifs is 2. The Hall–Kier alpha value is -4.24. The minimum atomic E-state index is -0.697. The average molecular weight is 479 g/mol. The Balaban J connectivity index is 1.58. The first-order chi connectivity index (χ1) is 16.4. The van der Waals surface area contributed by atoms with E-state index >= 15 is 0 Å². The second-order valence-corrected chi connectivity index (χ2v) is 7.75. The van der Waals surface area contributed by atoms with Gasteiger partial charge < -0.3 is 14.8 Å². The molecule has 170 valence electrons. The summed E-state index contributed by atoms with van der Waals surface area (Å²) >= 11 is 6.26. The smallest absolute Gasteiger partial charge is 0.266 e. The number of amides is 2. The van der Waals surface area contributed by atoms with E-state index in [4.69, 9.17) is 21.1 Å². The second-order valence-electron chi connectivity index (χ2n) is 7.35. The highest BCUT2D eigenvalue weighted by Gasteiger charge is 2.37. The van der Waals surface area contributed by atoms with Gasteiger partial charge in [0, 0.05) is 11.5 Å². The van der Waals surface area contributed by atoms with Crippen LogP contribution in [0.2, 0.25) is 5.02 Å². The predicted octanol–water partition coefficient (Wildman–Crippen LogP) is 4.98. The summed E-state index contributed by atoms with van der Waals surface area (Å²) in [6.07, 6.45) is 1.31. The zero-order valence-electron chi connectivity index (χ0n) is 17.9. The van der Waals surface area contributed by atoms with Gasteiger partial charge in [-0.2, -0.15) is 0 Å². The van der Waals surface area contributed by atoms with E-state index in [1.54, 1.807) is 36.4 Å². The predicted molar refractivity (Wildman–Crippen MR) is 125 cm³/mol. The van der Waals surface area contributed by atoms with Crippen LogP contribution in [0.3, 0.4) is 0 Å². The van der Waals surface area contributed by atoms with Crippen molar-refractivity contribution >= 4 is 51.5 Å². The second kappa shape index (κ2) is 8.27. The van der Waals surface area contributed by atoms with Crippen LogP contribution in [-0.4, -0.2) is 36.0 Å². The van der Waals surface area contributed by atoms with Crippen molar-refractivity contribution in [3.8, 4) is 11.5 Å². The summed E-state index contributed by atoms with van der Waals surface area (Å²) in [6, 6.07) is 12.1. The highest BCUT2D eigenvalue weighted by Crippen LogP contribution is 2.39. The van der Waals surface area contributed by atoms with Gasteiger partial charge in [0.25, 0.3) is 11.8 Å². The van der Waals surface area contributed by atoms with Crippen molar-refractivity contribution < 1.29 is 23.5 Å². The molecule has 0 saturated heterocycles. The van der Waals surface area contributed by atoms with E-state index in [1.807, 2.05) is 0 Å². The molecule has 1 aliphatic heterocycles. The number of nitrogens with one attached hydrogen (secondary N) is 1. The summed E-state index contributed by atoms with van der Waals surface area (Å²) in [5.74, 6) is -0.576. The molecule has 10 heteroatoms. The fourth-order valence-corrected chi connectivity index (χ4v) is 4.06. The van der Waals surface area contributed by atoms with Crippen LogP contribution in [0.25, 0.3) is 10.9 Å². The van der Waals surface area contributed by atoms with Gasteiger partial charge in [-0.15, -0.1) is 0 Å². The molecule has 0 bridgehead atoms. The van der Waals surface area contributed by atoms with Crippen molar-refractivity contribution in [2.75, 3.05) is 24.4 Å². The van der Waals surface area contributed by atoms with E-state index in [-0.39, 0.29) is 33.3 Å². The summed E-state index contributed by atoms with van der Waals surface area (Å²) in [6.45, 7) is 0. The topological polar surface area (TPSA) is 93.7 Å². The van der Waals surface area contributed by atoms with E-state index in [1.165, 1.54) is 26.6 Å². The van der Waals surface area contributed by atoms with Gasteiger partial charge in [-0.25, -0.2) is 19.3 Å². The maximum atomic E-state index is 14.9. The molecule has 1 N–H and O–H groups in total. The zero-order valence-corrected chi connectivity index (χ0v) is 18.7. The van der Waals surface area contributed by atoms with Gasteiger partial charge in [-0.3, -0.25) is 9.59 Å². The Morgan fingerprint density at radius 3 is 2.24 bits per heavy atom. The highest BCUT2D eigenvalue weighted by molar-refractivity contribution is 6.40. The molecular weight excluding hydrogens is 463 g/mol. The summed E-state index contributed by atoms with van der Waals surface area (Å²) in [5, 5.41) is 3.37. The van der Waals surface area contributed by atoms with Crippen molar-refractivity contribution in [3.63, 3.8) is 0 Å². The van der Waals surface area contributed by atoms with Gasteiger partial charge in [0.2, 0.25) is 0 Å². The number of aromatic nitrogens is 2. The number of hydrogen-bond acceptors (Lipinski definition) is 7. The van der Waals surface area contributed by atoms with Crippen LogP contribution in [-0.2, 0) is 0 Å². The van der Waals surface area contributed by atoms with Crippen LogP contribution in [0.5, 0.6) is 11.5 Å². The third-order valence-electron chi connectivity index (χ3n) is 5.47. The van der Waals surface area contributed by atoms with Crippen LogP contribution in [0, 0.1) is 5.82 Å². The number of nitrogens with zero attached hydrogens (tertiary/aromatic N) is 3. The number of anilines is 3. The van der Waals surface area contributed by atoms with Gasteiger partial charge in [0.05, 0.1) is 47.3 Å². The molecule has 0 saturated carbocycles. The Kier molecular flexibility index (Phi) is 5.25.